The summed E-state index contributed by atoms with van der Waals surface area (Å²) in [5.41, 5.74) is 3.46. The Kier molecular flexibility index (Phi) is 14.4. The van der Waals surface area contributed by atoms with Gasteiger partial charge in [0.25, 0.3) is 0 Å². The van der Waals surface area contributed by atoms with Gasteiger partial charge in [-0.25, -0.2) is 5.43 Å². The van der Waals surface area contributed by atoms with Crippen LogP contribution in [-0.4, -0.2) is 17.1 Å². The van der Waals surface area contributed by atoms with Crippen molar-refractivity contribution in [3.63, 3.8) is 0 Å². The predicted molar refractivity (Wildman–Crippen MR) is 110 cm³/mol. The molecule has 26 heavy (non-hydrogen) atoms. The van der Waals surface area contributed by atoms with Gasteiger partial charge in [0.2, 0.25) is 5.91 Å². The van der Waals surface area contributed by atoms with Crippen molar-refractivity contribution in [1.82, 2.24) is 10.4 Å². The van der Waals surface area contributed by atoms with Crippen molar-refractivity contribution >= 4 is 12.1 Å². The zero-order chi connectivity index (χ0) is 18.7. The zero-order valence-corrected chi connectivity index (χ0v) is 16.6. The fourth-order valence-corrected chi connectivity index (χ4v) is 2.99. The number of hydrogen-bond acceptors (Lipinski definition) is 3. The lowest BCUT2D eigenvalue weighted by Crippen LogP contribution is -2.16. The Morgan fingerprint density at radius 1 is 0.962 bits per heavy atom. The highest BCUT2D eigenvalue weighted by Gasteiger charge is 1.99. The van der Waals surface area contributed by atoms with Crippen LogP contribution in [0, 0.1) is 0 Å². The van der Waals surface area contributed by atoms with E-state index in [0.29, 0.717) is 6.42 Å². The minimum atomic E-state index is -0.00628. The summed E-state index contributed by atoms with van der Waals surface area (Å²) in [7, 11) is 0. The second-order valence-electron chi connectivity index (χ2n) is 7.07. The lowest BCUT2D eigenvalue weighted by Gasteiger charge is -2.03. The van der Waals surface area contributed by atoms with Crippen molar-refractivity contribution < 1.29 is 4.79 Å². The number of nitrogens with one attached hydrogen (secondary N) is 1. The number of amides is 1. The van der Waals surface area contributed by atoms with Crippen LogP contribution >= 0.6 is 0 Å². The van der Waals surface area contributed by atoms with Crippen molar-refractivity contribution in [2.75, 3.05) is 0 Å². The topological polar surface area (TPSA) is 54.4 Å². The van der Waals surface area contributed by atoms with E-state index in [1.807, 2.05) is 12.1 Å². The molecule has 0 aliphatic carbocycles. The number of aromatic nitrogens is 1. The summed E-state index contributed by atoms with van der Waals surface area (Å²) in [6.45, 7) is 2.27. The highest BCUT2D eigenvalue weighted by Crippen LogP contribution is 2.12. The number of carbonyl (C=O) groups excluding carboxylic acids is 1. The molecule has 0 aromatic carbocycles. The van der Waals surface area contributed by atoms with Gasteiger partial charge in [-0.15, -0.1) is 0 Å². The first-order valence-corrected chi connectivity index (χ1v) is 10.5. The Labute approximate surface area is 159 Å². The SMILES string of the molecule is CCCCCCCCCCCCCCCC(=O)N/N=C\c1cccnc1. The van der Waals surface area contributed by atoms with Gasteiger partial charge in [0.15, 0.2) is 0 Å². The van der Waals surface area contributed by atoms with Gasteiger partial charge in [-0.3, -0.25) is 9.78 Å². The fourth-order valence-electron chi connectivity index (χ4n) is 2.99. The average Bonchev–Trinajstić information content (AvgIpc) is 2.66. The van der Waals surface area contributed by atoms with Gasteiger partial charge in [0, 0.05) is 24.4 Å². The molecule has 0 saturated heterocycles. The highest BCUT2D eigenvalue weighted by molar-refractivity contribution is 5.81. The Bertz CT molecular complexity index is 474. The van der Waals surface area contributed by atoms with Gasteiger partial charge in [-0.05, 0) is 12.5 Å². The number of pyridine rings is 1. The Morgan fingerprint density at radius 2 is 1.54 bits per heavy atom. The molecule has 0 aliphatic rings. The molecule has 4 nitrogen and oxygen atoms in total. The van der Waals surface area contributed by atoms with Gasteiger partial charge in [-0.2, -0.15) is 5.10 Å². The summed E-state index contributed by atoms with van der Waals surface area (Å²) in [6.07, 6.45) is 22.7. The molecule has 0 aliphatic heterocycles. The van der Waals surface area contributed by atoms with Crippen molar-refractivity contribution in [2.24, 2.45) is 5.10 Å². The largest absolute Gasteiger partial charge is 0.273 e. The van der Waals surface area contributed by atoms with Crippen LogP contribution in [0.3, 0.4) is 0 Å². The first-order valence-electron chi connectivity index (χ1n) is 10.5. The van der Waals surface area contributed by atoms with Crippen molar-refractivity contribution in [1.29, 1.82) is 0 Å². The third-order valence-electron chi connectivity index (χ3n) is 4.59. The molecule has 0 spiro atoms. The normalized spacial score (nSPS) is 11.1. The van der Waals surface area contributed by atoms with Crippen molar-refractivity contribution in [3.8, 4) is 0 Å². The highest BCUT2D eigenvalue weighted by atomic mass is 16.2. The van der Waals surface area contributed by atoms with Gasteiger partial charge in [0.1, 0.15) is 0 Å². The average molecular weight is 360 g/mol. The van der Waals surface area contributed by atoms with Crippen LogP contribution in [-0.2, 0) is 4.79 Å². The Hall–Kier alpha value is -1.71. The van der Waals surface area contributed by atoms with Crippen LogP contribution in [0.1, 0.15) is 102 Å². The maximum atomic E-state index is 11.7. The van der Waals surface area contributed by atoms with Gasteiger partial charge in [0.05, 0.1) is 6.21 Å². The van der Waals surface area contributed by atoms with E-state index in [0.717, 1.165) is 18.4 Å². The standard InChI is InChI=1S/C22H37N3O/c1-2-3-4-5-6-7-8-9-10-11-12-13-14-17-22(26)25-24-20-21-16-15-18-23-19-21/h15-16,18-20H,2-14,17H2,1H3,(H,25,26)/b24-20-. The molecule has 1 rings (SSSR count). The molecule has 0 radical (unpaired) electrons. The maximum absolute atomic E-state index is 11.7. The van der Waals surface area contributed by atoms with Crippen LogP contribution in [0.5, 0.6) is 0 Å². The molecule has 0 atom stereocenters. The molecule has 0 fully saturated rings. The van der Waals surface area contributed by atoms with Crippen LogP contribution in [0.15, 0.2) is 29.6 Å². The summed E-state index contributed by atoms with van der Waals surface area (Å²) < 4.78 is 0. The van der Waals surface area contributed by atoms with Crippen LogP contribution in [0.25, 0.3) is 0 Å². The fraction of sp³-hybridized carbons (Fsp3) is 0.682. The Morgan fingerprint density at radius 3 is 2.08 bits per heavy atom. The molecular formula is C22H37N3O. The third-order valence-corrected chi connectivity index (χ3v) is 4.59. The maximum Gasteiger partial charge on any atom is 0.240 e. The van der Waals surface area contributed by atoms with Crippen molar-refractivity contribution in [2.45, 2.75) is 96.8 Å². The van der Waals surface area contributed by atoms with E-state index >= 15 is 0 Å². The zero-order valence-electron chi connectivity index (χ0n) is 16.6. The second kappa shape index (κ2) is 16.7. The summed E-state index contributed by atoms with van der Waals surface area (Å²) in [6, 6.07) is 3.74. The second-order valence-corrected chi connectivity index (χ2v) is 7.07. The van der Waals surface area contributed by atoms with E-state index < -0.39 is 0 Å². The number of carbonyl (C=O) groups is 1. The molecule has 1 aromatic rings. The van der Waals surface area contributed by atoms with E-state index in [9.17, 15) is 4.79 Å². The molecule has 146 valence electrons. The lowest BCUT2D eigenvalue weighted by atomic mass is 10.0. The van der Waals surface area contributed by atoms with E-state index in [-0.39, 0.29) is 5.91 Å². The summed E-state index contributed by atoms with van der Waals surface area (Å²) in [5.74, 6) is -0.00628. The predicted octanol–water partition coefficient (Wildman–Crippen LogP) is 6.01. The summed E-state index contributed by atoms with van der Waals surface area (Å²) in [5, 5.41) is 3.96. The molecule has 1 aromatic heterocycles. The first-order chi connectivity index (χ1) is 12.8. The number of hydrogen-bond donors (Lipinski definition) is 1. The van der Waals surface area contributed by atoms with Crippen molar-refractivity contribution in [3.05, 3.63) is 30.1 Å². The monoisotopic (exact) mass is 359 g/mol. The number of nitrogens with zero attached hydrogens (tertiary/aromatic N) is 2. The molecule has 0 unspecified atom stereocenters. The number of hydrazone groups is 1. The number of unbranched alkanes of at least 4 members (excludes halogenated alkanes) is 12. The lowest BCUT2D eigenvalue weighted by molar-refractivity contribution is -0.121. The summed E-state index contributed by atoms with van der Waals surface area (Å²) in [4.78, 5) is 15.7. The van der Waals surface area contributed by atoms with Gasteiger partial charge < -0.3 is 0 Å². The van der Waals surface area contributed by atoms with Crippen LogP contribution < -0.4 is 5.43 Å². The molecular weight excluding hydrogens is 322 g/mol. The molecule has 0 bridgehead atoms. The molecule has 1 amide bonds. The quantitative estimate of drug-likeness (QED) is 0.223. The molecule has 1 N–H and O–H groups in total. The van der Waals surface area contributed by atoms with Gasteiger partial charge >= 0.3 is 0 Å². The summed E-state index contributed by atoms with van der Waals surface area (Å²) >= 11 is 0. The van der Waals surface area contributed by atoms with Crippen LogP contribution in [0.4, 0.5) is 0 Å². The van der Waals surface area contributed by atoms with E-state index in [1.54, 1.807) is 18.6 Å². The Balaban J connectivity index is 1.84. The molecule has 4 heteroatoms. The van der Waals surface area contributed by atoms with E-state index in [2.05, 4.69) is 22.4 Å². The van der Waals surface area contributed by atoms with Gasteiger partial charge in [-0.1, -0.05) is 90.0 Å². The molecule has 1 heterocycles. The van der Waals surface area contributed by atoms with E-state index in [4.69, 9.17) is 0 Å². The smallest absolute Gasteiger partial charge is 0.240 e. The minimum Gasteiger partial charge on any atom is -0.273 e. The first kappa shape index (κ1) is 22.3. The minimum absolute atomic E-state index is 0.00628. The van der Waals surface area contributed by atoms with E-state index in [1.165, 1.54) is 70.6 Å². The number of rotatable bonds is 16. The third kappa shape index (κ3) is 13.6. The van der Waals surface area contributed by atoms with Crippen LogP contribution in [0.2, 0.25) is 0 Å². The molecule has 0 saturated carbocycles.